The lowest BCUT2D eigenvalue weighted by atomic mass is 9.90. The summed E-state index contributed by atoms with van der Waals surface area (Å²) < 4.78 is 5.61. The lowest BCUT2D eigenvalue weighted by Crippen LogP contribution is -2.47. The van der Waals surface area contributed by atoms with Crippen LogP contribution in [0.25, 0.3) is 11.3 Å². The monoisotopic (exact) mass is 487 g/mol. The van der Waals surface area contributed by atoms with Crippen LogP contribution >= 0.6 is 0 Å². The third kappa shape index (κ3) is 7.41. The molecule has 4 N–H and O–H groups in total. The molecule has 0 fully saturated rings. The van der Waals surface area contributed by atoms with Crippen molar-refractivity contribution in [3.8, 4) is 11.3 Å². The van der Waals surface area contributed by atoms with Crippen LogP contribution in [-0.2, 0) is 9.59 Å². The minimum Gasteiger partial charge on any atom is -0.478 e. The first-order valence-electron chi connectivity index (χ1n) is 11.7. The summed E-state index contributed by atoms with van der Waals surface area (Å²) in [7, 11) is 0. The average molecular weight is 488 g/mol. The van der Waals surface area contributed by atoms with E-state index in [0.717, 1.165) is 19.3 Å². The standard InChI is InChI=1S/C25H33N3O7/c1-4-6-7-8-19(20(5-2)28(34)15-29)23(30)26-14-27-24(31)22-12-11-21(35-22)17-9-10-18(25(32)33)16(3)13-17/h9-13,15,19-20,34H,4-8,14H2,1-3H3,(H,26,30)(H,27,31)(H,32,33)/t19-,20-/m1/s1. The molecule has 2 rings (SSSR count). The number of hydroxylamine groups is 2. The number of rotatable bonds is 14. The zero-order chi connectivity index (χ0) is 26.0. The second-order valence-electron chi connectivity index (χ2n) is 8.29. The molecule has 0 aliphatic carbocycles. The van der Waals surface area contributed by atoms with Gasteiger partial charge in [-0.15, -0.1) is 0 Å². The van der Waals surface area contributed by atoms with Gasteiger partial charge >= 0.3 is 5.97 Å². The lowest BCUT2D eigenvalue weighted by molar-refractivity contribution is -0.168. The van der Waals surface area contributed by atoms with Crippen LogP contribution in [0, 0.1) is 12.8 Å². The number of carbonyl (C=O) groups is 4. The Morgan fingerprint density at radius 2 is 1.86 bits per heavy atom. The van der Waals surface area contributed by atoms with Crippen molar-refractivity contribution in [1.82, 2.24) is 15.7 Å². The molecule has 2 aromatic rings. The van der Waals surface area contributed by atoms with Gasteiger partial charge in [-0.25, -0.2) is 9.86 Å². The number of carboxylic acid groups (broad SMARTS) is 1. The van der Waals surface area contributed by atoms with Crippen molar-refractivity contribution in [3.05, 3.63) is 47.2 Å². The van der Waals surface area contributed by atoms with E-state index in [1.165, 1.54) is 12.1 Å². The van der Waals surface area contributed by atoms with Crippen molar-refractivity contribution >= 4 is 24.2 Å². The quantitative estimate of drug-likeness (QED) is 0.105. The molecule has 1 aromatic carbocycles. The number of amides is 3. The third-order valence-corrected chi connectivity index (χ3v) is 5.87. The molecule has 0 spiro atoms. The van der Waals surface area contributed by atoms with Gasteiger partial charge in [0.2, 0.25) is 12.3 Å². The van der Waals surface area contributed by atoms with Gasteiger partial charge in [-0.3, -0.25) is 19.6 Å². The first kappa shape index (κ1) is 27.6. The molecule has 3 amide bonds. The molecule has 0 saturated heterocycles. The molecule has 0 aliphatic rings. The second kappa shape index (κ2) is 13.3. The number of unbranched alkanes of at least 4 members (excludes halogenated alkanes) is 2. The zero-order valence-corrected chi connectivity index (χ0v) is 20.2. The van der Waals surface area contributed by atoms with E-state index in [1.54, 1.807) is 32.0 Å². The molecule has 0 aliphatic heterocycles. The van der Waals surface area contributed by atoms with Crippen LogP contribution in [0.15, 0.2) is 34.7 Å². The minimum atomic E-state index is -1.02. The summed E-state index contributed by atoms with van der Waals surface area (Å²) in [4.78, 5) is 47.5. The fraction of sp³-hybridized carbons (Fsp3) is 0.440. The Balaban J connectivity index is 1.99. The van der Waals surface area contributed by atoms with Crippen molar-refractivity contribution < 1.29 is 33.9 Å². The van der Waals surface area contributed by atoms with Crippen LogP contribution in [0.5, 0.6) is 0 Å². The molecule has 1 aromatic heterocycles. The maximum Gasteiger partial charge on any atom is 0.335 e. The van der Waals surface area contributed by atoms with E-state index in [9.17, 15) is 24.4 Å². The summed E-state index contributed by atoms with van der Waals surface area (Å²) in [5.41, 5.74) is 1.38. The van der Waals surface area contributed by atoms with Gasteiger partial charge in [0, 0.05) is 5.56 Å². The highest BCUT2D eigenvalue weighted by atomic mass is 16.5. The van der Waals surface area contributed by atoms with Crippen LogP contribution in [0.3, 0.4) is 0 Å². The molecule has 0 saturated carbocycles. The van der Waals surface area contributed by atoms with Gasteiger partial charge in [-0.1, -0.05) is 39.2 Å². The Morgan fingerprint density at radius 1 is 1.11 bits per heavy atom. The van der Waals surface area contributed by atoms with E-state index in [4.69, 9.17) is 9.52 Å². The topological polar surface area (TPSA) is 149 Å². The van der Waals surface area contributed by atoms with Crippen molar-refractivity contribution in [2.75, 3.05) is 6.67 Å². The first-order chi connectivity index (χ1) is 16.7. The normalized spacial score (nSPS) is 12.5. The van der Waals surface area contributed by atoms with Crippen molar-refractivity contribution in [2.45, 2.75) is 58.9 Å². The van der Waals surface area contributed by atoms with Crippen molar-refractivity contribution in [3.63, 3.8) is 0 Å². The number of aryl methyl sites for hydroxylation is 1. The summed E-state index contributed by atoms with van der Waals surface area (Å²) >= 11 is 0. The predicted molar refractivity (Wildman–Crippen MR) is 128 cm³/mol. The number of carboxylic acids is 1. The molecule has 2 atom stereocenters. The van der Waals surface area contributed by atoms with Crippen LogP contribution in [-0.4, -0.2) is 52.3 Å². The van der Waals surface area contributed by atoms with Crippen LogP contribution in [0.4, 0.5) is 0 Å². The Hall–Kier alpha value is -3.66. The number of hydrogen-bond acceptors (Lipinski definition) is 6. The molecule has 0 radical (unpaired) electrons. The molecular formula is C25H33N3O7. The molecule has 10 nitrogen and oxygen atoms in total. The SMILES string of the molecule is CCCCC[C@@H](C(=O)NCNC(=O)c1ccc(-c2ccc(C(=O)O)c(C)c2)o1)[C@@H](CC)N(O)C=O. The van der Waals surface area contributed by atoms with Gasteiger partial charge in [0.25, 0.3) is 5.91 Å². The Bertz CT molecular complexity index is 1030. The van der Waals surface area contributed by atoms with Gasteiger partial charge < -0.3 is 20.2 Å². The number of furan rings is 1. The zero-order valence-electron chi connectivity index (χ0n) is 20.2. The van der Waals surface area contributed by atoms with E-state index in [-0.39, 0.29) is 23.9 Å². The molecule has 35 heavy (non-hydrogen) atoms. The Kier molecular flexibility index (Phi) is 10.5. The Labute approximate surface area is 204 Å². The Morgan fingerprint density at radius 3 is 2.46 bits per heavy atom. The fourth-order valence-electron chi connectivity index (χ4n) is 3.95. The number of nitrogens with one attached hydrogen (secondary N) is 2. The van der Waals surface area contributed by atoms with Crippen LogP contribution < -0.4 is 10.6 Å². The highest BCUT2D eigenvalue weighted by molar-refractivity contribution is 5.93. The maximum absolute atomic E-state index is 12.8. The number of carbonyl (C=O) groups excluding carboxylic acids is 3. The minimum absolute atomic E-state index is 0.0302. The average Bonchev–Trinajstić information content (AvgIpc) is 3.33. The van der Waals surface area contributed by atoms with E-state index in [1.807, 2.05) is 6.92 Å². The molecule has 190 valence electrons. The van der Waals surface area contributed by atoms with Crippen molar-refractivity contribution in [1.29, 1.82) is 0 Å². The fourth-order valence-corrected chi connectivity index (χ4v) is 3.95. The van der Waals surface area contributed by atoms with E-state index >= 15 is 0 Å². The smallest absolute Gasteiger partial charge is 0.335 e. The van der Waals surface area contributed by atoms with Crippen LogP contribution in [0.1, 0.15) is 72.4 Å². The molecule has 0 unspecified atom stereocenters. The van der Waals surface area contributed by atoms with Gasteiger partial charge in [-0.2, -0.15) is 0 Å². The summed E-state index contributed by atoms with van der Waals surface area (Å²) in [6.07, 6.45) is 3.84. The summed E-state index contributed by atoms with van der Waals surface area (Å²) in [6.45, 7) is 5.34. The second-order valence-corrected chi connectivity index (χ2v) is 8.29. The molecule has 10 heteroatoms. The van der Waals surface area contributed by atoms with Crippen molar-refractivity contribution in [2.24, 2.45) is 5.92 Å². The lowest BCUT2D eigenvalue weighted by Gasteiger charge is -2.29. The van der Waals surface area contributed by atoms with E-state index in [0.29, 0.717) is 41.2 Å². The van der Waals surface area contributed by atoms with E-state index in [2.05, 4.69) is 10.6 Å². The predicted octanol–water partition coefficient (Wildman–Crippen LogP) is 3.58. The number of aromatic carboxylic acids is 1. The van der Waals surface area contributed by atoms with Crippen LogP contribution in [0.2, 0.25) is 0 Å². The molecule has 1 heterocycles. The summed E-state index contributed by atoms with van der Waals surface area (Å²) in [5.74, 6) is -2.12. The highest BCUT2D eigenvalue weighted by Crippen LogP contribution is 2.25. The maximum atomic E-state index is 12.8. The molecule has 0 bridgehead atoms. The largest absolute Gasteiger partial charge is 0.478 e. The van der Waals surface area contributed by atoms with Gasteiger partial charge in [0.1, 0.15) is 5.76 Å². The summed E-state index contributed by atoms with van der Waals surface area (Å²) in [5, 5.41) is 24.8. The third-order valence-electron chi connectivity index (χ3n) is 5.87. The van der Waals surface area contributed by atoms with Gasteiger partial charge in [-0.05, 0) is 49.6 Å². The van der Waals surface area contributed by atoms with E-state index < -0.39 is 23.8 Å². The molecular weight excluding hydrogens is 454 g/mol. The highest BCUT2D eigenvalue weighted by Gasteiger charge is 2.30. The number of benzene rings is 1. The number of hydrogen-bond donors (Lipinski definition) is 4. The summed E-state index contributed by atoms with van der Waals surface area (Å²) in [6, 6.07) is 7.17. The first-order valence-corrected chi connectivity index (χ1v) is 11.7. The van der Waals surface area contributed by atoms with Gasteiger partial charge in [0.15, 0.2) is 5.76 Å². The number of nitrogens with zero attached hydrogens (tertiary/aromatic N) is 1. The van der Waals surface area contributed by atoms with Gasteiger partial charge in [0.05, 0.1) is 24.2 Å².